The van der Waals surface area contributed by atoms with Gasteiger partial charge in [0.15, 0.2) is 12.1 Å². The number of carbonyl (C=O) groups excluding carboxylic acids is 1. The first-order valence-corrected chi connectivity index (χ1v) is 5.90. The largest absolute Gasteiger partial charge is 0.368 e. The van der Waals surface area contributed by atoms with Crippen LogP contribution in [0.25, 0.3) is 0 Å². The zero-order chi connectivity index (χ0) is 10.7. The predicted octanol–water partition coefficient (Wildman–Crippen LogP) is 1.59. The van der Waals surface area contributed by atoms with E-state index >= 15 is 0 Å². The highest BCUT2D eigenvalue weighted by atomic mass is 32.2. The summed E-state index contributed by atoms with van der Waals surface area (Å²) in [5, 5.41) is 0. The maximum atomic E-state index is 13.3. The summed E-state index contributed by atoms with van der Waals surface area (Å²) < 4.78 is 13.3. The highest BCUT2D eigenvalue weighted by Crippen LogP contribution is 2.23. The van der Waals surface area contributed by atoms with Gasteiger partial charge in [0.25, 0.3) is 0 Å². The lowest BCUT2D eigenvalue weighted by Gasteiger charge is -2.29. The van der Waals surface area contributed by atoms with Gasteiger partial charge >= 0.3 is 0 Å². The van der Waals surface area contributed by atoms with Crippen LogP contribution < -0.4 is 4.90 Å². The summed E-state index contributed by atoms with van der Waals surface area (Å²) in [5.41, 5.74) is 0.738. The van der Waals surface area contributed by atoms with Crippen molar-refractivity contribution in [3.63, 3.8) is 0 Å². The molecule has 1 aliphatic heterocycles. The molecule has 1 aliphatic rings. The van der Waals surface area contributed by atoms with Gasteiger partial charge < -0.3 is 4.90 Å². The van der Waals surface area contributed by atoms with Gasteiger partial charge in [0.1, 0.15) is 0 Å². The number of anilines is 1. The molecular weight excluding hydrogens is 215 g/mol. The molecule has 0 N–H and O–H groups in total. The minimum atomic E-state index is -0.541. The molecule has 2 heterocycles. The number of aromatic nitrogens is 1. The van der Waals surface area contributed by atoms with Gasteiger partial charge in [0, 0.05) is 24.6 Å². The summed E-state index contributed by atoms with van der Waals surface area (Å²) in [6.07, 6.45) is 3.20. The van der Waals surface area contributed by atoms with Crippen LogP contribution in [0.5, 0.6) is 0 Å². The van der Waals surface area contributed by atoms with Crippen molar-refractivity contribution in [3.8, 4) is 0 Å². The Hall–Kier alpha value is -1.10. The molecule has 0 radical (unpaired) electrons. The predicted molar refractivity (Wildman–Crippen MR) is 59.1 cm³/mol. The number of pyridine rings is 1. The van der Waals surface area contributed by atoms with Crippen molar-refractivity contribution in [3.05, 3.63) is 23.8 Å². The van der Waals surface area contributed by atoms with E-state index < -0.39 is 5.82 Å². The zero-order valence-corrected chi connectivity index (χ0v) is 8.97. The normalized spacial score (nSPS) is 16.5. The van der Waals surface area contributed by atoms with E-state index in [0.29, 0.717) is 12.0 Å². The Balaban J connectivity index is 2.33. The summed E-state index contributed by atoms with van der Waals surface area (Å²) in [6, 6.07) is 0. The fourth-order valence-electron chi connectivity index (χ4n) is 1.61. The second-order valence-electron chi connectivity index (χ2n) is 3.27. The molecule has 5 heteroatoms. The molecule has 2 rings (SSSR count). The number of aldehydes is 1. The van der Waals surface area contributed by atoms with Crippen molar-refractivity contribution in [1.82, 2.24) is 4.98 Å². The van der Waals surface area contributed by atoms with E-state index in [1.54, 1.807) is 6.20 Å². The number of rotatable bonds is 2. The SMILES string of the molecule is O=Cc1c(F)cncc1N1CCSCC1. The van der Waals surface area contributed by atoms with E-state index in [2.05, 4.69) is 4.98 Å². The minimum Gasteiger partial charge on any atom is -0.368 e. The molecule has 1 saturated heterocycles. The third kappa shape index (κ3) is 2.12. The molecule has 0 bridgehead atoms. The smallest absolute Gasteiger partial charge is 0.155 e. The molecular formula is C10H11FN2OS. The number of hydrogen-bond donors (Lipinski definition) is 0. The lowest BCUT2D eigenvalue weighted by molar-refractivity contribution is 0.112. The lowest BCUT2D eigenvalue weighted by Crippen LogP contribution is -2.33. The number of thioether (sulfide) groups is 1. The molecule has 0 spiro atoms. The topological polar surface area (TPSA) is 33.2 Å². The maximum absolute atomic E-state index is 13.3. The van der Waals surface area contributed by atoms with Gasteiger partial charge in [0.2, 0.25) is 0 Å². The molecule has 0 saturated carbocycles. The van der Waals surface area contributed by atoms with Crippen LogP contribution in [-0.4, -0.2) is 35.9 Å². The third-order valence-electron chi connectivity index (χ3n) is 2.39. The van der Waals surface area contributed by atoms with Gasteiger partial charge in [-0.15, -0.1) is 0 Å². The zero-order valence-electron chi connectivity index (χ0n) is 8.15. The van der Waals surface area contributed by atoms with Crippen LogP contribution >= 0.6 is 11.8 Å². The average Bonchev–Trinajstić information content (AvgIpc) is 2.30. The monoisotopic (exact) mass is 226 g/mol. The molecule has 0 aliphatic carbocycles. The van der Waals surface area contributed by atoms with E-state index in [9.17, 15) is 9.18 Å². The van der Waals surface area contributed by atoms with Crippen molar-refractivity contribution in [2.75, 3.05) is 29.5 Å². The van der Waals surface area contributed by atoms with Gasteiger partial charge in [0.05, 0.1) is 23.6 Å². The third-order valence-corrected chi connectivity index (χ3v) is 3.33. The quantitative estimate of drug-likeness (QED) is 0.717. The molecule has 0 amide bonds. The average molecular weight is 226 g/mol. The van der Waals surface area contributed by atoms with Crippen LogP contribution in [0.1, 0.15) is 10.4 Å². The van der Waals surface area contributed by atoms with Crippen LogP contribution in [0.15, 0.2) is 12.4 Å². The maximum Gasteiger partial charge on any atom is 0.155 e. The molecule has 0 aromatic carbocycles. The number of hydrogen-bond acceptors (Lipinski definition) is 4. The number of nitrogens with zero attached hydrogens (tertiary/aromatic N) is 2. The standard InChI is InChI=1S/C10H11FN2OS/c11-9-5-12-6-10(8(9)7-14)13-1-3-15-4-2-13/h5-7H,1-4H2. The van der Waals surface area contributed by atoms with Gasteiger partial charge in [-0.3, -0.25) is 9.78 Å². The molecule has 3 nitrogen and oxygen atoms in total. The highest BCUT2D eigenvalue weighted by Gasteiger charge is 2.17. The van der Waals surface area contributed by atoms with Crippen molar-refractivity contribution in [2.24, 2.45) is 0 Å². The number of carbonyl (C=O) groups is 1. The first-order chi connectivity index (χ1) is 7.33. The fourth-order valence-corrected chi connectivity index (χ4v) is 2.51. The second-order valence-corrected chi connectivity index (χ2v) is 4.50. The van der Waals surface area contributed by atoms with Crippen molar-refractivity contribution >= 4 is 23.7 Å². The van der Waals surface area contributed by atoms with Gasteiger partial charge in [-0.1, -0.05) is 0 Å². The fraction of sp³-hybridized carbons (Fsp3) is 0.400. The lowest BCUT2D eigenvalue weighted by atomic mass is 10.2. The summed E-state index contributed by atoms with van der Waals surface area (Å²) in [7, 11) is 0. The first-order valence-electron chi connectivity index (χ1n) is 4.74. The van der Waals surface area contributed by atoms with Crippen LogP contribution in [0.2, 0.25) is 0 Å². The van der Waals surface area contributed by atoms with E-state index in [1.807, 2.05) is 16.7 Å². The Bertz CT molecular complexity index is 366. The summed E-state index contributed by atoms with van der Waals surface area (Å²) >= 11 is 1.87. The molecule has 1 fully saturated rings. The van der Waals surface area contributed by atoms with Crippen LogP contribution in [0.4, 0.5) is 10.1 Å². The van der Waals surface area contributed by atoms with E-state index in [-0.39, 0.29) is 5.56 Å². The van der Waals surface area contributed by atoms with Crippen molar-refractivity contribution < 1.29 is 9.18 Å². The van der Waals surface area contributed by atoms with E-state index in [0.717, 1.165) is 30.8 Å². The second kappa shape index (κ2) is 4.61. The summed E-state index contributed by atoms with van der Waals surface area (Å²) in [6.45, 7) is 1.69. The molecule has 80 valence electrons. The molecule has 1 aromatic rings. The van der Waals surface area contributed by atoms with Gasteiger partial charge in [-0.05, 0) is 0 Å². The molecule has 0 atom stereocenters. The van der Waals surface area contributed by atoms with Crippen LogP contribution in [0.3, 0.4) is 0 Å². The van der Waals surface area contributed by atoms with Gasteiger partial charge in [-0.2, -0.15) is 11.8 Å². The van der Waals surface area contributed by atoms with Crippen molar-refractivity contribution in [2.45, 2.75) is 0 Å². The van der Waals surface area contributed by atoms with Crippen molar-refractivity contribution in [1.29, 1.82) is 0 Å². The first kappa shape index (κ1) is 10.4. The number of halogens is 1. The minimum absolute atomic E-state index is 0.122. The van der Waals surface area contributed by atoms with Crippen LogP contribution in [0, 0.1) is 5.82 Å². The Morgan fingerprint density at radius 1 is 1.40 bits per heavy atom. The Morgan fingerprint density at radius 3 is 2.80 bits per heavy atom. The molecule has 15 heavy (non-hydrogen) atoms. The summed E-state index contributed by atoms with van der Waals surface area (Å²) in [5.74, 6) is 1.48. The molecule has 0 unspecified atom stereocenters. The Kier molecular flexibility index (Phi) is 3.20. The summed E-state index contributed by atoms with van der Waals surface area (Å²) in [4.78, 5) is 16.6. The van der Waals surface area contributed by atoms with E-state index in [4.69, 9.17) is 0 Å². The van der Waals surface area contributed by atoms with Gasteiger partial charge in [-0.25, -0.2) is 4.39 Å². The Labute approximate surface area is 91.7 Å². The van der Waals surface area contributed by atoms with Crippen LogP contribution in [-0.2, 0) is 0 Å². The Morgan fingerprint density at radius 2 is 2.13 bits per heavy atom. The highest BCUT2D eigenvalue weighted by molar-refractivity contribution is 7.99. The molecule has 1 aromatic heterocycles. The van der Waals surface area contributed by atoms with E-state index in [1.165, 1.54) is 0 Å².